The summed E-state index contributed by atoms with van der Waals surface area (Å²) in [6.07, 6.45) is 4.54. The van der Waals surface area contributed by atoms with Crippen LogP contribution >= 0.6 is 11.8 Å². The SMILES string of the molecule is CCCN(C(=O)C1CCSC1)C1CCCNC1. The standard InChI is InChI=1S/C13H24N2OS/c1-2-7-15(12-4-3-6-14-9-12)13(16)11-5-8-17-10-11/h11-12,14H,2-10H2,1H3. The lowest BCUT2D eigenvalue weighted by Gasteiger charge is -2.36. The van der Waals surface area contributed by atoms with Gasteiger partial charge in [-0.05, 0) is 38.0 Å². The molecule has 2 fully saturated rings. The Balaban J connectivity index is 1.96. The van der Waals surface area contributed by atoms with Crippen LogP contribution in [0.2, 0.25) is 0 Å². The van der Waals surface area contributed by atoms with Crippen LogP contribution in [0, 0.1) is 5.92 Å². The highest BCUT2D eigenvalue weighted by atomic mass is 32.2. The second-order valence-electron chi connectivity index (χ2n) is 5.09. The molecule has 0 spiro atoms. The van der Waals surface area contributed by atoms with E-state index in [1.54, 1.807) is 0 Å². The van der Waals surface area contributed by atoms with Crippen molar-refractivity contribution in [1.82, 2.24) is 10.2 Å². The van der Waals surface area contributed by atoms with Crippen LogP contribution in [0.4, 0.5) is 0 Å². The Bertz CT molecular complexity index is 248. The zero-order valence-electron chi connectivity index (χ0n) is 10.8. The predicted octanol–water partition coefficient (Wildman–Crippen LogP) is 1.73. The summed E-state index contributed by atoms with van der Waals surface area (Å²) in [6.45, 7) is 5.21. The molecule has 2 unspecified atom stereocenters. The fraction of sp³-hybridized carbons (Fsp3) is 0.923. The summed E-state index contributed by atoms with van der Waals surface area (Å²) in [4.78, 5) is 14.7. The van der Waals surface area contributed by atoms with E-state index in [1.807, 2.05) is 11.8 Å². The summed E-state index contributed by atoms with van der Waals surface area (Å²) in [6, 6.07) is 0.446. The lowest BCUT2D eigenvalue weighted by atomic mass is 10.0. The average Bonchev–Trinajstić information content (AvgIpc) is 2.90. The molecule has 0 bridgehead atoms. The highest BCUT2D eigenvalue weighted by molar-refractivity contribution is 7.99. The second kappa shape index (κ2) is 6.64. The molecule has 2 heterocycles. The van der Waals surface area contributed by atoms with Crippen LogP contribution in [-0.2, 0) is 4.79 Å². The molecule has 2 rings (SSSR count). The van der Waals surface area contributed by atoms with Crippen molar-refractivity contribution in [2.24, 2.45) is 5.92 Å². The van der Waals surface area contributed by atoms with Gasteiger partial charge in [0, 0.05) is 30.8 Å². The van der Waals surface area contributed by atoms with Gasteiger partial charge in [0.25, 0.3) is 0 Å². The van der Waals surface area contributed by atoms with E-state index in [9.17, 15) is 4.79 Å². The molecule has 0 aromatic carbocycles. The Labute approximate surface area is 109 Å². The van der Waals surface area contributed by atoms with Crippen molar-refractivity contribution >= 4 is 17.7 Å². The van der Waals surface area contributed by atoms with E-state index in [0.717, 1.165) is 38.2 Å². The molecule has 2 aliphatic rings. The van der Waals surface area contributed by atoms with Gasteiger partial charge in [0.1, 0.15) is 0 Å². The van der Waals surface area contributed by atoms with Gasteiger partial charge in [0.15, 0.2) is 0 Å². The first-order valence-electron chi connectivity index (χ1n) is 6.92. The predicted molar refractivity (Wildman–Crippen MR) is 73.3 cm³/mol. The number of piperidine rings is 1. The summed E-state index contributed by atoms with van der Waals surface area (Å²) in [5.41, 5.74) is 0. The summed E-state index contributed by atoms with van der Waals surface area (Å²) in [5.74, 6) is 2.93. The summed E-state index contributed by atoms with van der Waals surface area (Å²) in [5, 5.41) is 3.42. The first-order chi connectivity index (χ1) is 8.33. The molecule has 3 nitrogen and oxygen atoms in total. The maximum absolute atomic E-state index is 12.5. The van der Waals surface area contributed by atoms with E-state index in [4.69, 9.17) is 0 Å². The number of hydrogen-bond donors (Lipinski definition) is 1. The van der Waals surface area contributed by atoms with Gasteiger partial charge in [0.2, 0.25) is 5.91 Å². The maximum atomic E-state index is 12.5. The van der Waals surface area contributed by atoms with Crippen molar-refractivity contribution < 1.29 is 4.79 Å². The molecule has 0 aliphatic carbocycles. The molecule has 0 radical (unpaired) electrons. The number of carbonyl (C=O) groups is 1. The largest absolute Gasteiger partial charge is 0.338 e. The van der Waals surface area contributed by atoms with Gasteiger partial charge < -0.3 is 10.2 Å². The highest BCUT2D eigenvalue weighted by Crippen LogP contribution is 2.26. The third-order valence-electron chi connectivity index (χ3n) is 3.74. The molecule has 1 amide bonds. The Morgan fingerprint density at radius 3 is 2.94 bits per heavy atom. The molecule has 2 atom stereocenters. The van der Waals surface area contributed by atoms with Gasteiger partial charge in [-0.1, -0.05) is 6.92 Å². The van der Waals surface area contributed by atoms with Crippen LogP contribution in [-0.4, -0.2) is 48.0 Å². The van der Waals surface area contributed by atoms with Crippen molar-refractivity contribution in [3.63, 3.8) is 0 Å². The number of hydrogen-bond acceptors (Lipinski definition) is 3. The second-order valence-corrected chi connectivity index (χ2v) is 6.24. The lowest BCUT2D eigenvalue weighted by Crippen LogP contribution is -2.50. The van der Waals surface area contributed by atoms with Crippen molar-refractivity contribution in [3.05, 3.63) is 0 Å². The van der Waals surface area contributed by atoms with Crippen LogP contribution in [0.1, 0.15) is 32.6 Å². The monoisotopic (exact) mass is 256 g/mol. The summed E-state index contributed by atoms with van der Waals surface area (Å²) < 4.78 is 0. The molecular weight excluding hydrogens is 232 g/mol. The number of nitrogens with one attached hydrogen (secondary N) is 1. The minimum Gasteiger partial charge on any atom is -0.338 e. The van der Waals surface area contributed by atoms with Gasteiger partial charge in [-0.15, -0.1) is 0 Å². The molecule has 98 valence electrons. The van der Waals surface area contributed by atoms with Crippen molar-refractivity contribution in [3.8, 4) is 0 Å². The van der Waals surface area contributed by atoms with Crippen molar-refractivity contribution in [2.75, 3.05) is 31.1 Å². The fourth-order valence-corrected chi connectivity index (χ4v) is 3.99. The van der Waals surface area contributed by atoms with Gasteiger partial charge in [0.05, 0.1) is 0 Å². The van der Waals surface area contributed by atoms with Crippen LogP contribution < -0.4 is 5.32 Å². The van der Waals surface area contributed by atoms with Gasteiger partial charge in [-0.3, -0.25) is 4.79 Å². The molecule has 0 saturated carbocycles. The Kier molecular flexibility index (Phi) is 5.16. The number of carbonyl (C=O) groups excluding carboxylic acids is 1. The van der Waals surface area contributed by atoms with Gasteiger partial charge >= 0.3 is 0 Å². The number of nitrogens with zero attached hydrogens (tertiary/aromatic N) is 1. The molecule has 4 heteroatoms. The Morgan fingerprint density at radius 2 is 2.35 bits per heavy atom. The zero-order valence-corrected chi connectivity index (χ0v) is 11.6. The van der Waals surface area contributed by atoms with Crippen molar-refractivity contribution in [2.45, 2.75) is 38.6 Å². The number of amides is 1. The first kappa shape index (κ1) is 13.2. The van der Waals surface area contributed by atoms with Crippen LogP contribution in [0.25, 0.3) is 0 Å². The van der Waals surface area contributed by atoms with E-state index < -0.39 is 0 Å². The van der Waals surface area contributed by atoms with Gasteiger partial charge in [-0.25, -0.2) is 0 Å². The number of thioether (sulfide) groups is 1. The van der Waals surface area contributed by atoms with Crippen molar-refractivity contribution in [1.29, 1.82) is 0 Å². The van der Waals surface area contributed by atoms with E-state index >= 15 is 0 Å². The quantitative estimate of drug-likeness (QED) is 0.831. The van der Waals surface area contributed by atoms with Crippen LogP contribution in [0.5, 0.6) is 0 Å². The Morgan fingerprint density at radius 1 is 1.47 bits per heavy atom. The summed E-state index contributed by atoms with van der Waals surface area (Å²) in [7, 11) is 0. The third kappa shape index (κ3) is 3.38. The lowest BCUT2D eigenvalue weighted by molar-refractivity contribution is -0.137. The summed E-state index contributed by atoms with van der Waals surface area (Å²) >= 11 is 1.93. The minimum absolute atomic E-state index is 0.300. The molecule has 0 aromatic rings. The minimum atomic E-state index is 0.300. The Hall–Kier alpha value is -0.220. The third-order valence-corrected chi connectivity index (χ3v) is 4.90. The normalized spacial score (nSPS) is 29.2. The topological polar surface area (TPSA) is 32.3 Å². The average molecular weight is 256 g/mol. The van der Waals surface area contributed by atoms with E-state index in [1.165, 1.54) is 18.6 Å². The fourth-order valence-electron chi connectivity index (χ4n) is 2.78. The molecule has 0 aromatic heterocycles. The molecule has 1 N–H and O–H groups in total. The van der Waals surface area contributed by atoms with E-state index in [0.29, 0.717) is 17.9 Å². The maximum Gasteiger partial charge on any atom is 0.226 e. The van der Waals surface area contributed by atoms with E-state index in [2.05, 4.69) is 17.1 Å². The molecule has 17 heavy (non-hydrogen) atoms. The zero-order chi connectivity index (χ0) is 12.1. The van der Waals surface area contributed by atoms with Crippen LogP contribution in [0.15, 0.2) is 0 Å². The van der Waals surface area contributed by atoms with Gasteiger partial charge in [-0.2, -0.15) is 11.8 Å². The van der Waals surface area contributed by atoms with Crippen LogP contribution in [0.3, 0.4) is 0 Å². The molecule has 2 aliphatic heterocycles. The first-order valence-corrected chi connectivity index (χ1v) is 8.07. The number of rotatable bonds is 4. The van der Waals surface area contributed by atoms with E-state index in [-0.39, 0.29) is 0 Å². The molecule has 2 saturated heterocycles. The highest BCUT2D eigenvalue weighted by Gasteiger charge is 2.31. The molecular formula is C13H24N2OS. The smallest absolute Gasteiger partial charge is 0.226 e.